The predicted molar refractivity (Wildman–Crippen MR) is 82.2 cm³/mol. The van der Waals surface area contributed by atoms with Crippen LogP contribution in [0, 0.1) is 5.92 Å². The van der Waals surface area contributed by atoms with Gasteiger partial charge in [0, 0.05) is 29.9 Å². The number of amides is 1. The number of rotatable bonds is 3. The van der Waals surface area contributed by atoms with Crippen LogP contribution in [-0.4, -0.2) is 29.2 Å². The molecule has 1 aliphatic heterocycles. The SMILES string of the molecule is O=C1CCCC1C1CCCN1C(=O)Cc1cccc(Cl)c1. The van der Waals surface area contributed by atoms with Gasteiger partial charge in [0.05, 0.1) is 6.42 Å². The van der Waals surface area contributed by atoms with Crippen molar-refractivity contribution in [3.63, 3.8) is 0 Å². The minimum atomic E-state index is 0.0795. The highest BCUT2D eigenvalue weighted by atomic mass is 35.5. The van der Waals surface area contributed by atoms with Crippen molar-refractivity contribution in [1.29, 1.82) is 0 Å². The second-order valence-corrected chi connectivity index (χ2v) is 6.50. The second kappa shape index (κ2) is 6.18. The molecular weight excluding hydrogens is 286 g/mol. The molecule has 2 unspecified atom stereocenters. The van der Waals surface area contributed by atoms with Crippen molar-refractivity contribution in [2.45, 2.75) is 44.6 Å². The van der Waals surface area contributed by atoms with E-state index >= 15 is 0 Å². The molecule has 2 atom stereocenters. The lowest BCUT2D eigenvalue weighted by Gasteiger charge is -2.28. The summed E-state index contributed by atoms with van der Waals surface area (Å²) < 4.78 is 0. The number of halogens is 1. The number of carbonyl (C=O) groups is 2. The van der Waals surface area contributed by atoms with Gasteiger partial charge in [-0.25, -0.2) is 0 Å². The molecule has 1 saturated carbocycles. The summed E-state index contributed by atoms with van der Waals surface area (Å²) in [6.07, 6.45) is 4.98. The number of benzene rings is 1. The van der Waals surface area contributed by atoms with E-state index in [9.17, 15) is 9.59 Å². The summed E-state index contributed by atoms with van der Waals surface area (Å²) in [7, 11) is 0. The van der Waals surface area contributed by atoms with Crippen molar-refractivity contribution < 1.29 is 9.59 Å². The van der Waals surface area contributed by atoms with Gasteiger partial charge < -0.3 is 4.90 Å². The Morgan fingerprint density at radius 3 is 2.86 bits per heavy atom. The molecule has 1 amide bonds. The third kappa shape index (κ3) is 3.13. The lowest BCUT2D eigenvalue weighted by Crippen LogP contribution is -2.42. The molecule has 0 N–H and O–H groups in total. The average Bonchev–Trinajstić information content (AvgIpc) is 3.06. The Morgan fingerprint density at radius 1 is 1.29 bits per heavy atom. The fourth-order valence-corrected chi connectivity index (χ4v) is 3.91. The molecule has 3 nitrogen and oxygen atoms in total. The minimum absolute atomic E-state index is 0.0795. The van der Waals surface area contributed by atoms with Crippen LogP contribution in [0.25, 0.3) is 0 Å². The van der Waals surface area contributed by atoms with E-state index in [4.69, 9.17) is 11.6 Å². The average molecular weight is 306 g/mol. The molecule has 0 aromatic heterocycles. The molecule has 0 bridgehead atoms. The first-order valence-corrected chi connectivity index (χ1v) is 8.09. The molecule has 2 fully saturated rings. The van der Waals surface area contributed by atoms with Crippen LogP contribution in [0.15, 0.2) is 24.3 Å². The summed E-state index contributed by atoms with van der Waals surface area (Å²) in [4.78, 5) is 26.5. The maximum absolute atomic E-state index is 12.6. The van der Waals surface area contributed by atoms with Gasteiger partial charge in [0.1, 0.15) is 5.78 Å². The van der Waals surface area contributed by atoms with E-state index < -0.39 is 0 Å². The van der Waals surface area contributed by atoms with Crippen LogP contribution in [0.4, 0.5) is 0 Å². The quantitative estimate of drug-likeness (QED) is 0.859. The molecule has 1 aromatic rings. The molecule has 1 aromatic carbocycles. The lowest BCUT2D eigenvalue weighted by molar-refractivity contribution is -0.133. The van der Waals surface area contributed by atoms with E-state index in [1.807, 2.05) is 29.2 Å². The zero-order chi connectivity index (χ0) is 14.8. The summed E-state index contributed by atoms with van der Waals surface area (Å²) >= 11 is 5.97. The van der Waals surface area contributed by atoms with Crippen LogP contribution < -0.4 is 0 Å². The summed E-state index contributed by atoms with van der Waals surface area (Å²) in [5, 5.41) is 0.657. The minimum Gasteiger partial charge on any atom is -0.339 e. The largest absolute Gasteiger partial charge is 0.339 e. The van der Waals surface area contributed by atoms with E-state index in [1.165, 1.54) is 0 Å². The van der Waals surface area contributed by atoms with E-state index in [2.05, 4.69) is 0 Å². The van der Waals surface area contributed by atoms with Crippen molar-refractivity contribution in [2.75, 3.05) is 6.54 Å². The monoisotopic (exact) mass is 305 g/mol. The van der Waals surface area contributed by atoms with Gasteiger partial charge in [0.2, 0.25) is 5.91 Å². The number of hydrogen-bond donors (Lipinski definition) is 0. The number of carbonyl (C=O) groups excluding carboxylic acids is 2. The highest BCUT2D eigenvalue weighted by Gasteiger charge is 2.39. The third-order valence-corrected chi connectivity index (χ3v) is 4.92. The number of likely N-dealkylation sites (tertiary alicyclic amines) is 1. The molecule has 2 aliphatic rings. The molecule has 1 heterocycles. The first kappa shape index (κ1) is 14.6. The normalized spacial score (nSPS) is 25.6. The molecule has 1 saturated heterocycles. The Bertz CT molecular complexity index is 557. The first-order chi connectivity index (χ1) is 10.1. The first-order valence-electron chi connectivity index (χ1n) is 7.72. The second-order valence-electron chi connectivity index (χ2n) is 6.07. The Balaban J connectivity index is 1.70. The van der Waals surface area contributed by atoms with Gasteiger partial charge in [-0.1, -0.05) is 23.7 Å². The fourth-order valence-electron chi connectivity index (χ4n) is 3.69. The van der Waals surface area contributed by atoms with Crippen molar-refractivity contribution in [3.05, 3.63) is 34.9 Å². The Hall–Kier alpha value is -1.35. The van der Waals surface area contributed by atoms with E-state index in [0.29, 0.717) is 23.6 Å². The summed E-state index contributed by atoms with van der Waals surface area (Å²) in [5.41, 5.74) is 0.941. The zero-order valence-electron chi connectivity index (χ0n) is 12.1. The smallest absolute Gasteiger partial charge is 0.227 e. The maximum Gasteiger partial charge on any atom is 0.227 e. The predicted octanol–water partition coefficient (Wildman–Crippen LogP) is 3.24. The highest BCUT2D eigenvalue weighted by Crippen LogP contribution is 2.33. The summed E-state index contributed by atoms with van der Waals surface area (Å²) in [6, 6.07) is 7.57. The van der Waals surface area contributed by atoms with E-state index in [1.54, 1.807) is 0 Å². The Labute approximate surface area is 130 Å². The topological polar surface area (TPSA) is 37.4 Å². The highest BCUT2D eigenvalue weighted by molar-refractivity contribution is 6.30. The molecule has 0 spiro atoms. The number of Topliss-reactive ketones (excluding diaryl/α,β-unsaturated/α-hetero) is 1. The molecular formula is C17H20ClNO2. The van der Waals surface area contributed by atoms with Gasteiger partial charge in [0.25, 0.3) is 0 Å². The van der Waals surface area contributed by atoms with Gasteiger partial charge >= 0.3 is 0 Å². The van der Waals surface area contributed by atoms with Crippen LogP contribution in [0.5, 0.6) is 0 Å². The fraction of sp³-hybridized carbons (Fsp3) is 0.529. The summed E-state index contributed by atoms with van der Waals surface area (Å²) in [6.45, 7) is 0.786. The van der Waals surface area contributed by atoms with Gasteiger partial charge in [-0.3, -0.25) is 9.59 Å². The Kier molecular flexibility index (Phi) is 4.29. The van der Waals surface area contributed by atoms with Crippen molar-refractivity contribution >= 4 is 23.3 Å². The van der Waals surface area contributed by atoms with E-state index in [-0.39, 0.29) is 17.9 Å². The van der Waals surface area contributed by atoms with Crippen molar-refractivity contribution in [2.24, 2.45) is 5.92 Å². The Morgan fingerprint density at radius 2 is 2.14 bits per heavy atom. The number of nitrogens with zero attached hydrogens (tertiary/aromatic N) is 1. The van der Waals surface area contributed by atoms with E-state index in [0.717, 1.165) is 37.8 Å². The van der Waals surface area contributed by atoms with Crippen LogP contribution in [0.3, 0.4) is 0 Å². The third-order valence-electron chi connectivity index (χ3n) is 4.68. The lowest BCUT2D eigenvalue weighted by atomic mass is 9.95. The summed E-state index contributed by atoms with van der Waals surface area (Å²) in [5.74, 6) is 0.553. The molecule has 0 radical (unpaired) electrons. The van der Waals surface area contributed by atoms with Crippen molar-refractivity contribution in [3.8, 4) is 0 Å². The van der Waals surface area contributed by atoms with Crippen LogP contribution in [0.1, 0.15) is 37.7 Å². The van der Waals surface area contributed by atoms with Gasteiger partial charge in [0.15, 0.2) is 0 Å². The maximum atomic E-state index is 12.6. The van der Waals surface area contributed by atoms with Gasteiger partial charge in [-0.15, -0.1) is 0 Å². The molecule has 4 heteroatoms. The molecule has 21 heavy (non-hydrogen) atoms. The standard InChI is InChI=1S/C17H20ClNO2/c18-13-5-1-4-12(10-13)11-17(21)19-9-3-7-15(19)14-6-2-8-16(14)20/h1,4-5,10,14-15H,2-3,6-9,11H2. The van der Waals surface area contributed by atoms with Gasteiger partial charge in [-0.2, -0.15) is 0 Å². The van der Waals surface area contributed by atoms with Crippen LogP contribution in [0.2, 0.25) is 5.02 Å². The van der Waals surface area contributed by atoms with Gasteiger partial charge in [-0.05, 0) is 43.4 Å². The zero-order valence-corrected chi connectivity index (χ0v) is 12.8. The number of ketones is 1. The number of hydrogen-bond acceptors (Lipinski definition) is 2. The molecule has 112 valence electrons. The van der Waals surface area contributed by atoms with Crippen LogP contribution >= 0.6 is 11.6 Å². The molecule has 1 aliphatic carbocycles. The van der Waals surface area contributed by atoms with Crippen molar-refractivity contribution in [1.82, 2.24) is 4.90 Å². The molecule has 3 rings (SSSR count). The van der Waals surface area contributed by atoms with Crippen LogP contribution in [-0.2, 0) is 16.0 Å².